The summed E-state index contributed by atoms with van der Waals surface area (Å²) >= 11 is 7.40. The van der Waals surface area contributed by atoms with Crippen LogP contribution >= 0.6 is 90.4 Å². The average molecular weight is 1140 g/mol. The fourth-order valence-corrected chi connectivity index (χ4v) is 7.99. The second-order valence-corrected chi connectivity index (χ2v) is 15.3. The number of hydrogen-bond donors (Lipinski definition) is 3. The summed E-state index contributed by atoms with van der Waals surface area (Å²) in [6.45, 7) is 0. The van der Waals surface area contributed by atoms with Crippen LogP contribution in [0.4, 0.5) is 17.6 Å². The molecule has 3 N–H and O–H groups in total. The maximum Gasteiger partial charge on any atom is 0.347 e. The topological polar surface area (TPSA) is 174 Å². The van der Waals surface area contributed by atoms with Gasteiger partial charge in [-0.1, -0.05) is 0 Å². The standard InChI is InChI=1S/C28H12F4I4O11S/c29-20-22(31)26(48(42,43)44)23(32)21(30)25(20)47-27(40)10-1-12(45-19(38)4-9-3-18(37)16(35)8-15(9)34)7-13(2-10)46-28(41)14-5-11(33)6-17(36)24(14)39/h1-3,5-8,37,39H,4H2,(H,42,43,44). The van der Waals surface area contributed by atoms with Crippen LogP contribution in [0.5, 0.6) is 28.7 Å². The maximum atomic E-state index is 14.6. The fourth-order valence-electron chi connectivity index (χ4n) is 3.79. The molecule has 4 aromatic rings. The quantitative estimate of drug-likeness (QED) is 0.0418. The van der Waals surface area contributed by atoms with Gasteiger partial charge in [-0.15, -0.1) is 0 Å². The molecule has 0 amide bonds. The Labute approximate surface area is 321 Å². The smallest absolute Gasteiger partial charge is 0.347 e. The number of phenolic OH excluding ortho intramolecular Hbond substituents is 2. The van der Waals surface area contributed by atoms with E-state index < -0.39 is 91.2 Å². The van der Waals surface area contributed by atoms with E-state index in [-0.39, 0.29) is 14.9 Å². The van der Waals surface area contributed by atoms with Crippen LogP contribution in [0, 0.1) is 37.5 Å². The van der Waals surface area contributed by atoms with Crippen molar-refractivity contribution in [3.8, 4) is 28.7 Å². The lowest BCUT2D eigenvalue weighted by molar-refractivity contribution is -0.133. The summed E-state index contributed by atoms with van der Waals surface area (Å²) in [4.78, 5) is 36.4. The molecule has 0 radical (unpaired) electrons. The Hall–Kier alpha value is -2.56. The molecular weight excluding hydrogens is 1130 g/mol. The van der Waals surface area contributed by atoms with Crippen molar-refractivity contribution in [2.24, 2.45) is 0 Å². The van der Waals surface area contributed by atoms with Crippen LogP contribution in [0.25, 0.3) is 0 Å². The molecule has 0 heterocycles. The Balaban J connectivity index is 1.74. The SMILES string of the molecule is O=C(Cc1cc(O)c(I)cc1I)Oc1cc(OC(=O)c2cc(I)cc(I)c2O)cc(C(=O)Oc2c(F)c(F)c(S(=O)(=O)O)c(F)c2F)c1. The predicted molar refractivity (Wildman–Crippen MR) is 189 cm³/mol. The minimum atomic E-state index is -5.80. The normalized spacial score (nSPS) is 11.3. The lowest BCUT2D eigenvalue weighted by atomic mass is 10.1. The van der Waals surface area contributed by atoms with Gasteiger partial charge in [-0.25, -0.2) is 18.4 Å². The lowest BCUT2D eigenvalue weighted by Crippen LogP contribution is -2.17. The van der Waals surface area contributed by atoms with Gasteiger partial charge in [-0.2, -0.15) is 17.2 Å². The first kappa shape index (κ1) is 38.2. The molecule has 0 saturated heterocycles. The van der Waals surface area contributed by atoms with Crippen molar-refractivity contribution in [2.75, 3.05) is 0 Å². The number of rotatable bonds is 8. The molecule has 0 fully saturated rings. The average Bonchev–Trinajstić information content (AvgIpc) is 2.98. The van der Waals surface area contributed by atoms with E-state index in [1.807, 2.05) is 67.8 Å². The largest absolute Gasteiger partial charge is 0.507 e. The van der Waals surface area contributed by atoms with Crippen LogP contribution in [-0.2, 0) is 21.3 Å². The van der Waals surface area contributed by atoms with Gasteiger partial charge >= 0.3 is 28.0 Å². The van der Waals surface area contributed by atoms with Crippen molar-refractivity contribution >= 4 is 118 Å². The molecule has 4 rings (SSSR count). The first-order valence-corrected chi connectivity index (χ1v) is 18.0. The molecule has 0 aliphatic heterocycles. The van der Waals surface area contributed by atoms with E-state index in [1.165, 1.54) is 12.1 Å². The lowest BCUT2D eigenvalue weighted by Gasteiger charge is -2.13. The molecule has 0 atom stereocenters. The van der Waals surface area contributed by atoms with Crippen LogP contribution in [0.3, 0.4) is 0 Å². The van der Waals surface area contributed by atoms with Gasteiger partial charge in [0.05, 0.1) is 19.1 Å². The van der Waals surface area contributed by atoms with E-state index in [0.717, 1.165) is 18.2 Å². The molecule has 0 bridgehead atoms. The summed E-state index contributed by atoms with van der Waals surface area (Å²) in [6, 6.07) is 8.18. The fraction of sp³-hybridized carbons (Fsp3) is 0.0357. The Morgan fingerprint density at radius 1 is 0.688 bits per heavy atom. The molecule has 0 aliphatic carbocycles. The third kappa shape index (κ3) is 8.59. The summed E-state index contributed by atoms with van der Waals surface area (Å²) < 4.78 is 106. The number of carbonyl (C=O) groups is 3. The van der Waals surface area contributed by atoms with Gasteiger partial charge in [-0.05, 0) is 132 Å². The first-order chi connectivity index (χ1) is 22.3. The molecule has 252 valence electrons. The summed E-state index contributed by atoms with van der Waals surface area (Å²) in [5.74, 6) is -17.8. The summed E-state index contributed by atoms with van der Waals surface area (Å²) in [7, 11) is -5.80. The number of phenols is 2. The van der Waals surface area contributed by atoms with Crippen molar-refractivity contribution in [2.45, 2.75) is 11.3 Å². The zero-order chi connectivity index (χ0) is 35.8. The van der Waals surface area contributed by atoms with Crippen LogP contribution in [0.2, 0.25) is 0 Å². The Morgan fingerprint density at radius 3 is 1.85 bits per heavy atom. The monoisotopic (exact) mass is 1140 g/mol. The zero-order valence-electron chi connectivity index (χ0n) is 22.8. The third-order valence-corrected chi connectivity index (χ3v) is 10.1. The van der Waals surface area contributed by atoms with Gasteiger partial charge in [-0.3, -0.25) is 9.35 Å². The predicted octanol–water partition coefficient (Wildman–Crippen LogP) is 6.91. The van der Waals surface area contributed by atoms with Crippen LogP contribution in [0.15, 0.2) is 47.4 Å². The van der Waals surface area contributed by atoms with Gasteiger partial charge in [0.1, 0.15) is 28.6 Å². The van der Waals surface area contributed by atoms with E-state index in [0.29, 0.717) is 16.3 Å². The molecule has 4 aromatic carbocycles. The van der Waals surface area contributed by atoms with Crippen molar-refractivity contribution < 1.29 is 69.3 Å². The van der Waals surface area contributed by atoms with E-state index in [1.54, 1.807) is 34.7 Å². The van der Waals surface area contributed by atoms with E-state index in [4.69, 9.17) is 14.0 Å². The van der Waals surface area contributed by atoms with Gasteiger partial charge in [0.2, 0.25) is 17.4 Å². The zero-order valence-corrected chi connectivity index (χ0v) is 32.2. The van der Waals surface area contributed by atoms with Gasteiger partial charge in [0, 0.05) is 13.2 Å². The number of benzene rings is 4. The Bertz CT molecular complexity index is 2120. The van der Waals surface area contributed by atoms with E-state index >= 15 is 0 Å². The second kappa shape index (κ2) is 15.1. The van der Waals surface area contributed by atoms with Gasteiger partial charge < -0.3 is 24.4 Å². The van der Waals surface area contributed by atoms with E-state index in [9.17, 15) is 50.6 Å². The second-order valence-electron chi connectivity index (χ2n) is 9.19. The van der Waals surface area contributed by atoms with Gasteiger partial charge in [0.15, 0.2) is 16.5 Å². The highest BCUT2D eigenvalue weighted by Crippen LogP contribution is 2.35. The molecule has 0 aromatic heterocycles. The molecule has 0 spiro atoms. The molecule has 0 aliphatic rings. The number of carbonyl (C=O) groups excluding carboxylic acids is 3. The van der Waals surface area contributed by atoms with Crippen molar-refractivity contribution in [1.82, 2.24) is 0 Å². The summed E-state index contributed by atoms with van der Waals surface area (Å²) in [6.07, 6.45) is -0.420. The summed E-state index contributed by atoms with van der Waals surface area (Å²) in [5, 5.41) is 20.4. The molecule has 0 unspecified atom stereocenters. The molecular formula is C28H12F4I4O11S. The molecule has 20 heteroatoms. The van der Waals surface area contributed by atoms with E-state index in [2.05, 4.69) is 4.74 Å². The molecule has 48 heavy (non-hydrogen) atoms. The molecule has 11 nitrogen and oxygen atoms in total. The minimum absolute atomic E-state index is 0.122. The number of hydrogen-bond acceptors (Lipinski definition) is 10. The molecule has 0 saturated carbocycles. The highest BCUT2D eigenvalue weighted by molar-refractivity contribution is 14.1. The number of halogens is 8. The first-order valence-electron chi connectivity index (χ1n) is 12.3. The van der Waals surface area contributed by atoms with Crippen molar-refractivity contribution in [3.05, 3.63) is 96.7 Å². The maximum absolute atomic E-state index is 14.6. The van der Waals surface area contributed by atoms with Crippen LogP contribution < -0.4 is 14.2 Å². The van der Waals surface area contributed by atoms with Crippen molar-refractivity contribution in [1.29, 1.82) is 0 Å². The Morgan fingerprint density at radius 2 is 1.27 bits per heavy atom. The highest BCUT2D eigenvalue weighted by Gasteiger charge is 2.34. The number of aromatic hydroxyl groups is 2. The highest BCUT2D eigenvalue weighted by atomic mass is 127. The minimum Gasteiger partial charge on any atom is -0.507 e. The summed E-state index contributed by atoms with van der Waals surface area (Å²) in [5.41, 5.74) is -0.753. The van der Waals surface area contributed by atoms with Crippen LogP contribution in [0.1, 0.15) is 26.3 Å². The number of ether oxygens (including phenoxy) is 3. The third-order valence-electron chi connectivity index (χ3n) is 5.89. The van der Waals surface area contributed by atoms with Gasteiger partial charge in [0.25, 0.3) is 0 Å². The Kier molecular flexibility index (Phi) is 12.1. The van der Waals surface area contributed by atoms with Crippen LogP contribution in [-0.4, -0.2) is 41.1 Å². The number of esters is 3. The van der Waals surface area contributed by atoms with Crippen molar-refractivity contribution in [3.63, 3.8) is 0 Å².